The zero-order valence-electron chi connectivity index (χ0n) is 10.7. The summed E-state index contributed by atoms with van der Waals surface area (Å²) in [4.78, 5) is 11.3. The van der Waals surface area contributed by atoms with Gasteiger partial charge in [-0.05, 0) is 11.6 Å². The molecule has 1 atom stereocenters. The molecule has 1 heterocycles. The van der Waals surface area contributed by atoms with E-state index in [0.717, 1.165) is 0 Å². The third-order valence-electron chi connectivity index (χ3n) is 2.77. The molecule has 0 saturated heterocycles. The van der Waals surface area contributed by atoms with E-state index in [9.17, 15) is 18.3 Å². The first-order valence-corrected chi connectivity index (χ1v) is 7.30. The van der Waals surface area contributed by atoms with Gasteiger partial charge in [-0.25, -0.2) is 8.42 Å². The lowest BCUT2D eigenvalue weighted by Crippen LogP contribution is -2.33. The lowest BCUT2D eigenvalue weighted by Gasteiger charge is -2.14. The summed E-state index contributed by atoms with van der Waals surface area (Å²) in [6.07, 6.45) is 2.99. The molecule has 6 nitrogen and oxygen atoms in total. The standard InChI is InChI=1S/C13H14N2O4S/c1-15-8-7-11(9-15)20(18,19)14-12(13(16)17)10-5-3-2-4-6-10/h2-9,12,14H,1H3,(H,16,17)/t12-/m1/s1. The number of hydrogen-bond donors (Lipinski definition) is 2. The van der Waals surface area contributed by atoms with Crippen LogP contribution in [0.25, 0.3) is 0 Å². The predicted octanol–water partition coefficient (Wildman–Crippen LogP) is 1.13. The van der Waals surface area contributed by atoms with Crippen LogP contribution in [0.5, 0.6) is 0 Å². The molecule has 0 bridgehead atoms. The average molecular weight is 294 g/mol. The minimum Gasteiger partial charge on any atom is -0.480 e. The molecule has 0 saturated carbocycles. The minimum absolute atomic E-state index is 0.0298. The molecule has 1 aromatic carbocycles. The van der Waals surface area contributed by atoms with E-state index in [4.69, 9.17) is 0 Å². The van der Waals surface area contributed by atoms with E-state index in [1.807, 2.05) is 0 Å². The molecule has 0 radical (unpaired) electrons. The highest BCUT2D eigenvalue weighted by Gasteiger charge is 2.27. The van der Waals surface area contributed by atoms with Crippen LogP contribution in [0.4, 0.5) is 0 Å². The van der Waals surface area contributed by atoms with Gasteiger partial charge in [0, 0.05) is 19.4 Å². The SMILES string of the molecule is Cn1ccc(S(=O)(=O)N[C@@H](C(=O)O)c2ccccc2)c1. The van der Waals surface area contributed by atoms with Gasteiger partial charge in [0.25, 0.3) is 0 Å². The van der Waals surface area contributed by atoms with E-state index < -0.39 is 22.0 Å². The van der Waals surface area contributed by atoms with Crippen molar-refractivity contribution in [1.82, 2.24) is 9.29 Å². The van der Waals surface area contributed by atoms with Gasteiger partial charge in [0.15, 0.2) is 0 Å². The summed E-state index contributed by atoms with van der Waals surface area (Å²) in [6, 6.07) is 8.25. The monoisotopic (exact) mass is 294 g/mol. The Morgan fingerprint density at radius 1 is 1.25 bits per heavy atom. The maximum atomic E-state index is 12.1. The van der Waals surface area contributed by atoms with Crippen LogP contribution in [0.2, 0.25) is 0 Å². The zero-order chi connectivity index (χ0) is 14.8. The summed E-state index contributed by atoms with van der Waals surface area (Å²) in [6.45, 7) is 0. The number of nitrogens with one attached hydrogen (secondary N) is 1. The van der Waals surface area contributed by atoms with E-state index in [-0.39, 0.29) is 4.90 Å². The van der Waals surface area contributed by atoms with Gasteiger partial charge in [-0.1, -0.05) is 30.3 Å². The van der Waals surface area contributed by atoms with Gasteiger partial charge in [0.05, 0.1) is 4.90 Å². The molecule has 20 heavy (non-hydrogen) atoms. The first kappa shape index (κ1) is 14.3. The third kappa shape index (κ3) is 3.06. The topological polar surface area (TPSA) is 88.4 Å². The van der Waals surface area contributed by atoms with Crippen molar-refractivity contribution >= 4 is 16.0 Å². The average Bonchev–Trinajstić information content (AvgIpc) is 2.84. The van der Waals surface area contributed by atoms with Gasteiger partial charge in [-0.3, -0.25) is 4.79 Å². The van der Waals surface area contributed by atoms with Crippen molar-refractivity contribution in [2.75, 3.05) is 0 Å². The number of nitrogens with zero attached hydrogens (tertiary/aromatic N) is 1. The lowest BCUT2D eigenvalue weighted by molar-refractivity contribution is -0.139. The number of benzene rings is 1. The number of aryl methyl sites for hydroxylation is 1. The summed E-state index contributed by atoms with van der Waals surface area (Å²) >= 11 is 0. The molecule has 0 amide bonds. The number of aromatic nitrogens is 1. The van der Waals surface area contributed by atoms with Crippen LogP contribution in [-0.2, 0) is 21.9 Å². The van der Waals surface area contributed by atoms with Gasteiger partial charge in [-0.15, -0.1) is 0 Å². The number of carboxylic acid groups (broad SMARTS) is 1. The summed E-state index contributed by atoms with van der Waals surface area (Å²) in [5.74, 6) is -1.25. The van der Waals surface area contributed by atoms with Gasteiger partial charge in [0.2, 0.25) is 10.0 Å². The van der Waals surface area contributed by atoms with E-state index in [1.165, 1.54) is 12.3 Å². The van der Waals surface area contributed by atoms with Crippen molar-refractivity contribution < 1.29 is 18.3 Å². The maximum Gasteiger partial charge on any atom is 0.326 e. The molecule has 0 aliphatic heterocycles. The van der Waals surface area contributed by atoms with E-state index in [0.29, 0.717) is 5.56 Å². The Labute approximate surface area is 116 Å². The number of carboxylic acids is 1. The Hall–Kier alpha value is -2.12. The van der Waals surface area contributed by atoms with Crippen molar-refractivity contribution in [3.05, 3.63) is 54.4 Å². The van der Waals surface area contributed by atoms with E-state index in [1.54, 1.807) is 48.1 Å². The quantitative estimate of drug-likeness (QED) is 0.865. The Morgan fingerprint density at radius 3 is 2.40 bits per heavy atom. The first-order valence-electron chi connectivity index (χ1n) is 5.82. The smallest absolute Gasteiger partial charge is 0.326 e. The van der Waals surface area contributed by atoms with Gasteiger partial charge >= 0.3 is 5.97 Å². The fraction of sp³-hybridized carbons (Fsp3) is 0.154. The number of hydrogen-bond acceptors (Lipinski definition) is 3. The Bertz CT molecular complexity index is 707. The molecule has 0 spiro atoms. The van der Waals surface area contributed by atoms with Crippen molar-refractivity contribution in [2.45, 2.75) is 10.9 Å². The molecule has 0 aliphatic rings. The molecule has 106 valence electrons. The highest BCUT2D eigenvalue weighted by atomic mass is 32.2. The molecular formula is C13H14N2O4S. The fourth-order valence-electron chi connectivity index (χ4n) is 1.77. The third-order valence-corrected chi connectivity index (χ3v) is 4.18. The second-order valence-corrected chi connectivity index (χ2v) is 6.03. The molecular weight excluding hydrogens is 280 g/mol. The molecule has 7 heteroatoms. The van der Waals surface area contributed by atoms with Crippen LogP contribution in [0.15, 0.2) is 53.7 Å². The Kier molecular flexibility index (Phi) is 3.91. The van der Waals surface area contributed by atoms with E-state index in [2.05, 4.69) is 4.72 Å². The normalized spacial score (nSPS) is 13.1. The second kappa shape index (κ2) is 5.48. The molecule has 1 aromatic heterocycles. The van der Waals surface area contributed by atoms with Crippen LogP contribution in [0, 0.1) is 0 Å². The Balaban J connectivity index is 2.32. The summed E-state index contributed by atoms with van der Waals surface area (Å²) in [5.41, 5.74) is 0.375. The summed E-state index contributed by atoms with van der Waals surface area (Å²) in [5, 5.41) is 9.21. The second-order valence-electron chi connectivity index (χ2n) is 4.32. The highest BCUT2D eigenvalue weighted by molar-refractivity contribution is 7.89. The zero-order valence-corrected chi connectivity index (χ0v) is 11.5. The molecule has 0 unspecified atom stereocenters. The molecule has 0 aliphatic carbocycles. The van der Waals surface area contributed by atoms with Crippen molar-refractivity contribution in [1.29, 1.82) is 0 Å². The molecule has 0 fully saturated rings. The molecule has 2 aromatic rings. The maximum absolute atomic E-state index is 12.1. The lowest BCUT2D eigenvalue weighted by atomic mass is 10.1. The largest absolute Gasteiger partial charge is 0.480 e. The first-order chi connectivity index (χ1) is 9.40. The van der Waals surface area contributed by atoms with Crippen LogP contribution in [0.1, 0.15) is 11.6 Å². The number of aliphatic carboxylic acids is 1. The van der Waals surface area contributed by atoms with Crippen molar-refractivity contribution in [2.24, 2.45) is 7.05 Å². The van der Waals surface area contributed by atoms with Crippen LogP contribution < -0.4 is 4.72 Å². The number of rotatable bonds is 5. The fourth-order valence-corrected chi connectivity index (χ4v) is 2.99. The van der Waals surface area contributed by atoms with Crippen LogP contribution in [-0.4, -0.2) is 24.1 Å². The number of carbonyl (C=O) groups is 1. The highest BCUT2D eigenvalue weighted by Crippen LogP contribution is 2.17. The summed E-state index contributed by atoms with van der Waals surface area (Å²) in [7, 11) is -2.20. The summed E-state index contributed by atoms with van der Waals surface area (Å²) < 4.78 is 28.1. The van der Waals surface area contributed by atoms with Crippen molar-refractivity contribution in [3.8, 4) is 0 Å². The van der Waals surface area contributed by atoms with Gasteiger partial charge in [0.1, 0.15) is 6.04 Å². The molecule has 2 rings (SSSR count). The number of sulfonamides is 1. The Morgan fingerprint density at radius 2 is 1.90 bits per heavy atom. The van der Waals surface area contributed by atoms with Gasteiger partial charge < -0.3 is 9.67 Å². The van der Waals surface area contributed by atoms with Gasteiger partial charge in [-0.2, -0.15) is 4.72 Å². The van der Waals surface area contributed by atoms with Crippen LogP contribution >= 0.6 is 0 Å². The minimum atomic E-state index is -3.88. The van der Waals surface area contributed by atoms with Crippen molar-refractivity contribution in [3.63, 3.8) is 0 Å². The van der Waals surface area contributed by atoms with Crippen LogP contribution in [0.3, 0.4) is 0 Å². The van der Waals surface area contributed by atoms with E-state index >= 15 is 0 Å². The molecule has 2 N–H and O–H groups in total. The predicted molar refractivity (Wildman–Crippen MR) is 72.6 cm³/mol.